The maximum Gasteiger partial charge on any atom is 0.220 e. The molecule has 0 atom stereocenters. The molecule has 24 heavy (non-hydrogen) atoms. The molecule has 2 aromatic heterocycles. The molecule has 3 aromatic rings. The zero-order valence-electron chi connectivity index (χ0n) is 13.4. The van der Waals surface area contributed by atoms with Crippen LogP contribution in [0, 0.1) is 0 Å². The van der Waals surface area contributed by atoms with E-state index in [0.29, 0.717) is 24.4 Å². The summed E-state index contributed by atoms with van der Waals surface area (Å²) in [6.45, 7) is 0.620. The van der Waals surface area contributed by atoms with Gasteiger partial charge in [-0.3, -0.25) is 4.79 Å². The lowest BCUT2D eigenvalue weighted by atomic mass is 10.2. The Morgan fingerprint density at radius 1 is 1.38 bits per heavy atom. The van der Waals surface area contributed by atoms with Gasteiger partial charge in [0, 0.05) is 37.9 Å². The minimum Gasteiger partial charge on any atom is -0.356 e. The van der Waals surface area contributed by atoms with Gasteiger partial charge in [0.25, 0.3) is 0 Å². The quantitative estimate of drug-likeness (QED) is 0.641. The summed E-state index contributed by atoms with van der Waals surface area (Å²) in [5, 5.41) is 11.4. The lowest BCUT2D eigenvalue weighted by Gasteiger charge is -2.04. The van der Waals surface area contributed by atoms with Crippen LogP contribution in [0.1, 0.15) is 24.5 Å². The Kier molecular flexibility index (Phi) is 5.10. The Bertz CT molecular complexity index is 840. The van der Waals surface area contributed by atoms with Gasteiger partial charge >= 0.3 is 0 Å². The van der Waals surface area contributed by atoms with E-state index >= 15 is 0 Å². The number of hydrogen-bond acceptors (Lipinski definition) is 4. The van der Waals surface area contributed by atoms with Gasteiger partial charge in [-0.15, -0.1) is 10.2 Å². The van der Waals surface area contributed by atoms with Crippen LogP contribution in [0.5, 0.6) is 0 Å². The second-order valence-electron chi connectivity index (χ2n) is 5.66. The minimum atomic E-state index is 0.0226. The van der Waals surface area contributed by atoms with Crippen molar-refractivity contribution in [3.63, 3.8) is 0 Å². The minimum absolute atomic E-state index is 0.0226. The Labute approximate surface area is 144 Å². The van der Waals surface area contributed by atoms with Crippen molar-refractivity contribution in [2.24, 2.45) is 7.05 Å². The molecule has 126 valence electrons. The lowest BCUT2D eigenvalue weighted by molar-refractivity contribution is -0.121. The average Bonchev–Trinajstić information content (AvgIpc) is 3.14. The van der Waals surface area contributed by atoms with E-state index in [1.165, 1.54) is 0 Å². The molecule has 0 aliphatic carbocycles. The summed E-state index contributed by atoms with van der Waals surface area (Å²) in [4.78, 5) is 19.6. The number of aryl methyl sites for hydroxylation is 3. The Morgan fingerprint density at radius 3 is 3.04 bits per heavy atom. The number of halogens is 1. The van der Waals surface area contributed by atoms with Gasteiger partial charge in [0.15, 0.2) is 0 Å². The number of carbonyl (C=O) groups is 1. The zero-order valence-corrected chi connectivity index (χ0v) is 14.2. The summed E-state index contributed by atoms with van der Waals surface area (Å²) in [7, 11) is 1.87. The Morgan fingerprint density at radius 2 is 2.25 bits per heavy atom. The van der Waals surface area contributed by atoms with E-state index in [1.807, 2.05) is 29.8 Å². The number of aromatic amines is 1. The van der Waals surface area contributed by atoms with Crippen LogP contribution >= 0.6 is 11.6 Å². The molecule has 0 aliphatic heterocycles. The van der Waals surface area contributed by atoms with Crippen LogP contribution in [0.3, 0.4) is 0 Å². The number of imidazole rings is 1. The molecule has 3 rings (SSSR count). The number of fused-ring (bicyclic) bond motifs is 1. The largest absolute Gasteiger partial charge is 0.356 e. The third-order valence-corrected chi connectivity index (χ3v) is 4.02. The summed E-state index contributed by atoms with van der Waals surface area (Å²) >= 11 is 5.96. The van der Waals surface area contributed by atoms with Crippen LogP contribution in [0.25, 0.3) is 11.0 Å². The number of hydrogen-bond donors (Lipinski definition) is 2. The second-order valence-corrected chi connectivity index (χ2v) is 6.09. The molecule has 0 fully saturated rings. The standard InChI is InChI=1S/C16H19ClN6O/c1-23-10-19-22-15(23)6-7-16(24)18-8-2-3-14-20-12-5-4-11(17)9-13(12)21-14/h4-5,9-10H,2-3,6-8H2,1H3,(H,18,24)(H,20,21). The molecule has 0 saturated carbocycles. The summed E-state index contributed by atoms with van der Waals surface area (Å²) in [5.74, 6) is 1.74. The molecule has 2 heterocycles. The molecule has 8 heteroatoms. The van der Waals surface area contributed by atoms with Gasteiger partial charge in [-0.25, -0.2) is 4.98 Å². The van der Waals surface area contributed by atoms with E-state index in [2.05, 4.69) is 25.5 Å². The molecule has 0 radical (unpaired) electrons. The molecule has 0 bridgehead atoms. The molecule has 1 aromatic carbocycles. The Balaban J connectivity index is 1.39. The Hall–Kier alpha value is -2.41. The molecule has 0 spiro atoms. The van der Waals surface area contributed by atoms with Gasteiger partial charge in [0.05, 0.1) is 11.0 Å². The first kappa shape index (κ1) is 16.4. The number of aromatic nitrogens is 5. The molecule has 0 aliphatic rings. The van der Waals surface area contributed by atoms with Crippen LogP contribution in [0.15, 0.2) is 24.5 Å². The lowest BCUT2D eigenvalue weighted by Crippen LogP contribution is -2.25. The van der Waals surface area contributed by atoms with E-state index in [-0.39, 0.29) is 5.91 Å². The van der Waals surface area contributed by atoms with Gasteiger partial charge < -0.3 is 14.9 Å². The highest BCUT2D eigenvalue weighted by atomic mass is 35.5. The summed E-state index contributed by atoms with van der Waals surface area (Å²) in [6, 6.07) is 5.58. The van der Waals surface area contributed by atoms with E-state index in [1.54, 1.807) is 6.33 Å². The second kappa shape index (κ2) is 7.44. The monoisotopic (exact) mass is 346 g/mol. The number of benzene rings is 1. The van der Waals surface area contributed by atoms with Gasteiger partial charge in [-0.1, -0.05) is 11.6 Å². The van der Waals surface area contributed by atoms with Crippen molar-refractivity contribution >= 4 is 28.5 Å². The first-order valence-electron chi connectivity index (χ1n) is 7.85. The average molecular weight is 347 g/mol. The summed E-state index contributed by atoms with van der Waals surface area (Å²) in [6.07, 6.45) is 4.23. The fourth-order valence-corrected chi connectivity index (χ4v) is 2.66. The van der Waals surface area contributed by atoms with Gasteiger partial charge in [0.2, 0.25) is 5.91 Å². The highest BCUT2D eigenvalue weighted by Gasteiger charge is 2.07. The van der Waals surface area contributed by atoms with Crippen molar-refractivity contribution in [2.75, 3.05) is 6.54 Å². The van der Waals surface area contributed by atoms with Crippen molar-refractivity contribution in [3.8, 4) is 0 Å². The van der Waals surface area contributed by atoms with Crippen molar-refractivity contribution in [1.82, 2.24) is 30.0 Å². The molecule has 0 saturated heterocycles. The summed E-state index contributed by atoms with van der Waals surface area (Å²) in [5.41, 5.74) is 1.84. The van der Waals surface area contributed by atoms with E-state index in [4.69, 9.17) is 11.6 Å². The van der Waals surface area contributed by atoms with Gasteiger partial charge in [-0.05, 0) is 24.6 Å². The van der Waals surface area contributed by atoms with Crippen molar-refractivity contribution in [3.05, 3.63) is 41.2 Å². The smallest absolute Gasteiger partial charge is 0.220 e. The number of carbonyl (C=O) groups excluding carboxylic acids is 1. The van der Waals surface area contributed by atoms with Crippen LogP contribution in [0.4, 0.5) is 0 Å². The first-order chi connectivity index (χ1) is 11.6. The molecular formula is C16H19ClN6O. The van der Waals surface area contributed by atoms with E-state index < -0.39 is 0 Å². The van der Waals surface area contributed by atoms with Gasteiger partial charge in [-0.2, -0.15) is 0 Å². The fourth-order valence-electron chi connectivity index (χ4n) is 2.48. The van der Waals surface area contributed by atoms with E-state index in [9.17, 15) is 4.79 Å². The molecule has 1 amide bonds. The van der Waals surface area contributed by atoms with Crippen LogP contribution < -0.4 is 5.32 Å². The van der Waals surface area contributed by atoms with Crippen LogP contribution in [0.2, 0.25) is 5.02 Å². The third-order valence-electron chi connectivity index (χ3n) is 3.79. The van der Waals surface area contributed by atoms with Crippen LogP contribution in [-0.2, 0) is 24.7 Å². The topological polar surface area (TPSA) is 88.5 Å². The van der Waals surface area contributed by atoms with Gasteiger partial charge in [0.1, 0.15) is 18.0 Å². The van der Waals surface area contributed by atoms with Crippen LogP contribution in [-0.4, -0.2) is 37.2 Å². The maximum atomic E-state index is 11.8. The summed E-state index contributed by atoms with van der Waals surface area (Å²) < 4.78 is 1.82. The number of nitrogens with zero attached hydrogens (tertiary/aromatic N) is 4. The molecule has 7 nitrogen and oxygen atoms in total. The van der Waals surface area contributed by atoms with Crippen molar-refractivity contribution < 1.29 is 4.79 Å². The SMILES string of the molecule is Cn1cnnc1CCC(=O)NCCCc1nc2ccc(Cl)cc2[nH]1. The predicted octanol–water partition coefficient (Wildman–Crippen LogP) is 2.03. The molecular weight excluding hydrogens is 328 g/mol. The molecule has 2 N–H and O–H groups in total. The van der Waals surface area contributed by atoms with E-state index in [0.717, 1.165) is 35.5 Å². The number of nitrogens with one attached hydrogen (secondary N) is 2. The van der Waals surface area contributed by atoms with Crippen molar-refractivity contribution in [1.29, 1.82) is 0 Å². The number of rotatable bonds is 7. The molecule has 0 unspecified atom stereocenters. The highest BCUT2D eigenvalue weighted by Crippen LogP contribution is 2.17. The first-order valence-corrected chi connectivity index (χ1v) is 8.23. The highest BCUT2D eigenvalue weighted by molar-refractivity contribution is 6.31. The zero-order chi connectivity index (χ0) is 16.9. The normalized spacial score (nSPS) is 11.1. The number of H-pyrrole nitrogens is 1. The predicted molar refractivity (Wildman–Crippen MR) is 91.8 cm³/mol. The fraction of sp³-hybridized carbons (Fsp3) is 0.375. The number of amides is 1. The third kappa shape index (κ3) is 4.11. The maximum absolute atomic E-state index is 11.8. The van der Waals surface area contributed by atoms with Crippen molar-refractivity contribution in [2.45, 2.75) is 25.7 Å².